The van der Waals surface area contributed by atoms with Crippen molar-refractivity contribution in [2.45, 2.75) is 51.4 Å². The van der Waals surface area contributed by atoms with Gasteiger partial charge in [0, 0.05) is 17.3 Å². The van der Waals surface area contributed by atoms with Crippen molar-refractivity contribution >= 4 is 5.69 Å². The molecule has 1 unspecified atom stereocenters. The average molecular weight is 523 g/mol. The van der Waals surface area contributed by atoms with Crippen molar-refractivity contribution in [3.63, 3.8) is 0 Å². The number of hydrogen-bond acceptors (Lipinski definition) is 7. The minimum absolute atomic E-state index is 0.0640. The Bertz CT molecular complexity index is 1380. The van der Waals surface area contributed by atoms with E-state index in [1.165, 1.54) is 0 Å². The summed E-state index contributed by atoms with van der Waals surface area (Å²) in [5.74, 6) is -1.14. The normalized spacial score (nSPS) is 18.3. The second-order valence-electron chi connectivity index (χ2n) is 10.2. The van der Waals surface area contributed by atoms with E-state index in [9.17, 15) is 18.4 Å². The molecule has 0 bridgehead atoms. The summed E-state index contributed by atoms with van der Waals surface area (Å²) < 4.78 is 49.0. The number of anilines is 1. The van der Waals surface area contributed by atoms with Crippen molar-refractivity contribution in [3.8, 4) is 23.1 Å². The van der Waals surface area contributed by atoms with Gasteiger partial charge in [-0.05, 0) is 76.5 Å². The first-order valence-corrected chi connectivity index (χ1v) is 12.7. The van der Waals surface area contributed by atoms with Gasteiger partial charge in [-0.25, -0.2) is 23.7 Å². The highest BCUT2D eigenvalue weighted by Crippen LogP contribution is 2.41. The lowest BCUT2D eigenvalue weighted by Gasteiger charge is -2.36. The number of piperidine rings is 1. The van der Waals surface area contributed by atoms with Gasteiger partial charge < -0.3 is 14.5 Å². The molecular weight excluding hydrogens is 493 g/mol. The molecule has 2 aliphatic heterocycles. The predicted octanol–water partition coefficient (Wildman–Crippen LogP) is 4.99. The number of benzene rings is 1. The second-order valence-corrected chi connectivity index (χ2v) is 10.2. The van der Waals surface area contributed by atoms with Crippen LogP contribution in [0.4, 0.5) is 18.9 Å². The summed E-state index contributed by atoms with van der Waals surface area (Å²) in [6.07, 6.45) is 1.50. The van der Waals surface area contributed by atoms with Gasteiger partial charge >= 0.3 is 0 Å². The van der Waals surface area contributed by atoms with Gasteiger partial charge in [0.2, 0.25) is 0 Å². The summed E-state index contributed by atoms with van der Waals surface area (Å²) >= 11 is 0. The summed E-state index contributed by atoms with van der Waals surface area (Å²) in [4.78, 5) is 17.0. The maximum absolute atomic E-state index is 15.0. The second kappa shape index (κ2) is 10.6. The number of halogens is 3. The maximum Gasteiger partial charge on any atom is 0.256 e. The summed E-state index contributed by atoms with van der Waals surface area (Å²) in [7, 11) is 2.09. The fraction of sp³-hybridized carbons (Fsp3) is 0.429. The molecule has 1 aromatic carbocycles. The van der Waals surface area contributed by atoms with Crippen LogP contribution in [0.25, 0.3) is 11.3 Å². The van der Waals surface area contributed by atoms with Crippen molar-refractivity contribution < 1.29 is 17.9 Å². The molecule has 0 aliphatic carbocycles. The van der Waals surface area contributed by atoms with Crippen molar-refractivity contribution in [2.75, 3.05) is 31.6 Å². The highest BCUT2D eigenvalue weighted by molar-refractivity contribution is 5.72. The molecule has 0 saturated carbocycles. The van der Waals surface area contributed by atoms with Gasteiger partial charge in [-0.2, -0.15) is 9.65 Å². The molecule has 1 atom stereocenters. The zero-order chi connectivity index (χ0) is 27.0. The van der Waals surface area contributed by atoms with Gasteiger partial charge in [0.25, 0.3) is 6.36 Å². The van der Waals surface area contributed by atoms with E-state index < -0.39 is 18.0 Å². The molecule has 0 radical (unpaired) electrons. The monoisotopic (exact) mass is 522 g/mol. The van der Waals surface area contributed by atoms with E-state index in [4.69, 9.17) is 4.74 Å². The van der Waals surface area contributed by atoms with Crippen LogP contribution >= 0.6 is 0 Å². The van der Waals surface area contributed by atoms with Crippen LogP contribution in [0.5, 0.6) is 5.75 Å². The quantitative estimate of drug-likeness (QED) is 0.467. The first-order valence-electron chi connectivity index (χ1n) is 12.7. The van der Waals surface area contributed by atoms with Crippen LogP contribution in [0.15, 0.2) is 30.5 Å². The van der Waals surface area contributed by atoms with Gasteiger partial charge in [-0.1, -0.05) is 6.07 Å². The first-order chi connectivity index (χ1) is 18.2. The average Bonchev–Trinajstić information content (AvgIpc) is 2.90. The van der Waals surface area contributed by atoms with Crippen LogP contribution in [0.1, 0.15) is 55.4 Å². The number of alkyl halides is 1. The smallest absolute Gasteiger partial charge is 0.256 e. The first kappa shape index (κ1) is 25.9. The van der Waals surface area contributed by atoms with E-state index in [0.29, 0.717) is 17.1 Å². The van der Waals surface area contributed by atoms with E-state index in [-0.39, 0.29) is 47.8 Å². The number of pyridine rings is 1. The van der Waals surface area contributed by atoms with Crippen molar-refractivity contribution in [1.29, 1.82) is 5.26 Å². The molecular formula is C28H29F3N6O. The zero-order valence-electron chi connectivity index (χ0n) is 21.6. The van der Waals surface area contributed by atoms with Crippen molar-refractivity contribution in [3.05, 3.63) is 64.9 Å². The molecule has 3 aromatic rings. The fourth-order valence-electron chi connectivity index (χ4n) is 5.15. The van der Waals surface area contributed by atoms with E-state index >= 15 is 0 Å². The third-order valence-corrected chi connectivity index (χ3v) is 7.20. The number of aromatic nitrogens is 3. The lowest BCUT2D eigenvalue weighted by Crippen LogP contribution is -2.42. The van der Waals surface area contributed by atoms with Gasteiger partial charge in [-0.3, -0.25) is 0 Å². The van der Waals surface area contributed by atoms with Crippen LogP contribution in [-0.4, -0.2) is 58.9 Å². The van der Waals surface area contributed by atoms with E-state index in [2.05, 4.69) is 33.0 Å². The number of nitrogens with zero attached hydrogens (tertiary/aromatic N) is 6. The maximum atomic E-state index is 15.0. The summed E-state index contributed by atoms with van der Waals surface area (Å²) in [6, 6.07) is 8.53. The molecule has 1 fully saturated rings. The van der Waals surface area contributed by atoms with Gasteiger partial charge in [0.05, 0.1) is 24.8 Å². The standard InChI is InChI=1S/C28H29F3N6O/c1-16(2)37-15-25(31)38-28-21(29)10-18(11-24(28)37)27-22(30)14-33-26(35-27)12-19-4-5-20(23(13-32)34-19)17-6-8-36(3)9-7-17/h4-5,10-11,14,16-17,25H,6-9,12,15H2,1-3H3. The molecule has 1 saturated heterocycles. The van der Waals surface area contributed by atoms with Crippen LogP contribution in [-0.2, 0) is 6.42 Å². The fourth-order valence-corrected chi connectivity index (χ4v) is 5.15. The molecule has 2 aliphatic rings. The Morgan fingerprint density at radius 3 is 2.61 bits per heavy atom. The third kappa shape index (κ3) is 5.16. The van der Waals surface area contributed by atoms with E-state index in [1.54, 1.807) is 11.0 Å². The number of ether oxygens (including phenoxy) is 1. The summed E-state index contributed by atoms with van der Waals surface area (Å²) in [6.45, 7) is 5.60. The molecule has 0 spiro atoms. The molecule has 198 valence electrons. The molecule has 7 nitrogen and oxygen atoms in total. The molecule has 4 heterocycles. The van der Waals surface area contributed by atoms with Gasteiger partial charge in [0.1, 0.15) is 23.3 Å². The molecule has 5 rings (SSSR count). The van der Waals surface area contributed by atoms with Crippen molar-refractivity contribution in [2.24, 2.45) is 0 Å². The van der Waals surface area contributed by atoms with Gasteiger partial charge in [0.15, 0.2) is 17.4 Å². The Hall–Kier alpha value is -3.71. The lowest BCUT2D eigenvalue weighted by atomic mass is 9.88. The number of nitriles is 1. The van der Waals surface area contributed by atoms with Crippen LogP contribution in [0.3, 0.4) is 0 Å². The minimum Gasteiger partial charge on any atom is -0.453 e. The molecule has 0 N–H and O–H groups in total. The topological polar surface area (TPSA) is 78.2 Å². The van der Waals surface area contributed by atoms with Crippen LogP contribution in [0.2, 0.25) is 0 Å². The minimum atomic E-state index is -1.66. The number of rotatable bonds is 5. The lowest BCUT2D eigenvalue weighted by molar-refractivity contribution is 0.0591. The van der Waals surface area contributed by atoms with Gasteiger partial charge in [-0.15, -0.1) is 0 Å². The Morgan fingerprint density at radius 2 is 1.89 bits per heavy atom. The predicted molar refractivity (Wildman–Crippen MR) is 137 cm³/mol. The Balaban J connectivity index is 1.44. The Kier molecular flexibility index (Phi) is 7.21. The third-order valence-electron chi connectivity index (χ3n) is 7.20. The number of hydrogen-bond donors (Lipinski definition) is 0. The Labute approximate surface area is 219 Å². The largest absolute Gasteiger partial charge is 0.453 e. The molecule has 10 heteroatoms. The summed E-state index contributed by atoms with van der Waals surface area (Å²) in [5, 5.41) is 9.74. The molecule has 38 heavy (non-hydrogen) atoms. The van der Waals surface area contributed by atoms with Crippen LogP contribution < -0.4 is 9.64 Å². The van der Waals surface area contributed by atoms with Crippen LogP contribution in [0, 0.1) is 23.0 Å². The van der Waals surface area contributed by atoms with E-state index in [1.807, 2.05) is 26.0 Å². The summed E-state index contributed by atoms with van der Waals surface area (Å²) in [5.41, 5.74) is 2.37. The molecule has 2 aromatic heterocycles. The SMILES string of the molecule is CC(C)N1CC(F)Oc2c(F)cc(-c3nc(Cc4ccc(C5CCN(C)CC5)c(C#N)n4)ncc3F)cc21. The Morgan fingerprint density at radius 1 is 1.13 bits per heavy atom. The number of likely N-dealkylation sites (tertiary alicyclic amines) is 1. The molecule has 0 amide bonds. The van der Waals surface area contributed by atoms with Crippen molar-refractivity contribution in [1.82, 2.24) is 19.9 Å². The van der Waals surface area contributed by atoms with E-state index in [0.717, 1.165) is 43.8 Å². The highest BCUT2D eigenvalue weighted by Gasteiger charge is 2.31. The number of fused-ring (bicyclic) bond motifs is 1. The zero-order valence-corrected chi connectivity index (χ0v) is 21.6. The highest BCUT2D eigenvalue weighted by atomic mass is 19.1.